The van der Waals surface area contributed by atoms with Crippen molar-refractivity contribution in [3.05, 3.63) is 52.6 Å². The zero-order valence-corrected chi connectivity index (χ0v) is 20.1. The van der Waals surface area contributed by atoms with Crippen LogP contribution in [0.2, 0.25) is 0 Å². The van der Waals surface area contributed by atoms with Crippen molar-refractivity contribution >= 4 is 34.4 Å². The normalized spacial score (nSPS) is 22.1. The molecule has 9 heteroatoms. The Balaban J connectivity index is 1.39. The number of hydrogen-bond acceptors (Lipinski definition) is 6. The Labute approximate surface area is 202 Å². The van der Waals surface area contributed by atoms with Crippen molar-refractivity contribution in [3.63, 3.8) is 0 Å². The van der Waals surface area contributed by atoms with Gasteiger partial charge in [-0.2, -0.15) is 0 Å². The van der Waals surface area contributed by atoms with Crippen LogP contribution in [0.4, 0.5) is 5.69 Å². The zero-order chi connectivity index (χ0) is 23.8. The number of para-hydroxylation sites is 2. The van der Waals surface area contributed by atoms with Gasteiger partial charge in [0.15, 0.2) is 5.16 Å². The summed E-state index contributed by atoms with van der Waals surface area (Å²) in [5.41, 5.74) is 1.96. The van der Waals surface area contributed by atoms with E-state index in [4.69, 9.17) is 4.74 Å². The number of fused-ring (bicyclic) bond motifs is 3. The molecular formula is C25H28N4O4S. The van der Waals surface area contributed by atoms with E-state index in [1.807, 2.05) is 28.8 Å². The monoisotopic (exact) mass is 480 g/mol. The van der Waals surface area contributed by atoms with Crippen LogP contribution in [0.25, 0.3) is 16.7 Å². The third-order valence-corrected chi connectivity index (χ3v) is 8.24. The fourth-order valence-corrected chi connectivity index (χ4v) is 6.58. The third-order valence-electron chi connectivity index (χ3n) is 7.30. The lowest BCUT2D eigenvalue weighted by Gasteiger charge is -2.28. The van der Waals surface area contributed by atoms with Crippen molar-refractivity contribution in [1.29, 1.82) is 0 Å². The predicted octanol–water partition coefficient (Wildman–Crippen LogP) is 4.98. The van der Waals surface area contributed by atoms with Crippen LogP contribution in [0.3, 0.4) is 0 Å². The van der Waals surface area contributed by atoms with E-state index in [2.05, 4.69) is 17.2 Å². The van der Waals surface area contributed by atoms with Crippen LogP contribution in [0.1, 0.15) is 32.6 Å². The number of nitro benzene ring substituents is 1. The van der Waals surface area contributed by atoms with Crippen LogP contribution in [0, 0.1) is 27.9 Å². The second-order valence-corrected chi connectivity index (χ2v) is 10.3. The Kier molecular flexibility index (Phi) is 6.20. The molecule has 0 aliphatic heterocycles. The van der Waals surface area contributed by atoms with E-state index in [1.165, 1.54) is 49.6 Å². The molecule has 1 aromatic heterocycles. The quantitative estimate of drug-likeness (QED) is 0.277. The highest BCUT2D eigenvalue weighted by molar-refractivity contribution is 7.99. The van der Waals surface area contributed by atoms with E-state index in [-0.39, 0.29) is 23.4 Å². The molecule has 34 heavy (non-hydrogen) atoms. The minimum absolute atomic E-state index is 0.0221. The SMILES string of the molecule is COc1ccccc1-n1c(SCC(=O)N[C@@H](C)[C@H]2C[C@@H]3CC[C@@H]2C3)nc2cc([N+](=O)[O-])ccc21. The Bertz CT molecular complexity index is 1240. The first kappa shape index (κ1) is 22.7. The lowest BCUT2D eigenvalue weighted by Crippen LogP contribution is -2.40. The second-order valence-electron chi connectivity index (χ2n) is 9.32. The number of non-ortho nitro benzene ring substituents is 1. The standard InChI is InChI=1S/C25H28N4O4S/c1-15(19-12-16-7-8-17(19)11-16)26-24(30)14-34-25-27-20-13-18(29(31)32)9-10-21(20)28(25)22-5-3-4-6-23(22)33-2/h3-6,9-10,13,15-17,19H,7-8,11-12,14H2,1-2H3,(H,26,30)/t15-,16+,17+,19+/m0/s1. The molecule has 2 aliphatic carbocycles. The van der Waals surface area contributed by atoms with Gasteiger partial charge in [-0.3, -0.25) is 19.5 Å². The van der Waals surface area contributed by atoms with Crippen molar-refractivity contribution in [3.8, 4) is 11.4 Å². The van der Waals surface area contributed by atoms with Gasteiger partial charge in [0.2, 0.25) is 5.91 Å². The van der Waals surface area contributed by atoms with Gasteiger partial charge in [-0.25, -0.2) is 4.98 Å². The lowest BCUT2D eigenvalue weighted by atomic mass is 9.84. The summed E-state index contributed by atoms with van der Waals surface area (Å²) >= 11 is 1.32. The molecule has 1 amide bonds. The number of nitro groups is 1. The van der Waals surface area contributed by atoms with Gasteiger partial charge in [0.25, 0.3) is 5.69 Å². The van der Waals surface area contributed by atoms with E-state index < -0.39 is 4.92 Å². The first-order valence-corrected chi connectivity index (χ1v) is 12.7. The minimum Gasteiger partial charge on any atom is -0.495 e. The number of carbonyl (C=O) groups excluding carboxylic acids is 1. The number of nitrogens with one attached hydrogen (secondary N) is 1. The highest BCUT2D eigenvalue weighted by Crippen LogP contribution is 2.49. The number of methoxy groups -OCH3 is 1. The predicted molar refractivity (Wildman–Crippen MR) is 132 cm³/mol. The highest BCUT2D eigenvalue weighted by Gasteiger charge is 2.42. The summed E-state index contributed by atoms with van der Waals surface area (Å²) in [6, 6.07) is 12.3. The maximum absolute atomic E-state index is 12.8. The van der Waals surface area contributed by atoms with Crippen LogP contribution in [-0.2, 0) is 4.79 Å². The molecule has 2 aliphatic rings. The van der Waals surface area contributed by atoms with Crippen LogP contribution in [0.15, 0.2) is 47.6 Å². The Morgan fingerprint density at radius 2 is 2.12 bits per heavy atom. The number of hydrogen-bond donors (Lipinski definition) is 1. The highest BCUT2D eigenvalue weighted by atomic mass is 32.2. The average Bonchev–Trinajstić information content (AvgIpc) is 3.56. The number of ether oxygens (including phenoxy) is 1. The van der Waals surface area contributed by atoms with Crippen molar-refractivity contribution in [2.75, 3.05) is 12.9 Å². The van der Waals surface area contributed by atoms with Gasteiger partial charge in [-0.1, -0.05) is 30.3 Å². The number of benzene rings is 2. The molecule has 0 saturated heterocycles. The number of imidazole rings is 1. The molecule has 178 valence electrons. The number of aromatic nitrogens is 2. The first-order valence-electron chi connectivity index (χ1n) is 11.7. The molecule has 0 unspecified atom stereocenters. The number of nitrogens with zero attached hydrogens (tertiary/aromatic N) is 3. The van der Waals surface area contributed by atoms with Gasteiger partial charge in [0, 0.05) is 18.2 Å². The van der Waals surface area contributed by atoms with Gasteiger partial charge in [-0.05, 0) is 62.1 Å². The number of amides is 1. The summed E-state index contributed by atoms with van der Waals surface area (Å²) in [5.74, 6) is 3.01. The molecule has 0 radical (unpaired) electrons. The molecule has 2 bridgehead atoms. The maximum atomic E-state index is 12.8. The smallest absolute Gasteiger partial charge is 0.271 e. The summed E-state index contributed by atoms with van der Waals surface area (Å²) in [7, 11) is 1.60. The molecule has 1 heterocycles. The third kappa shape index (κ3) is 4.24. The summed E-state index contributed by atoms with van der Waals surface area (Å²) < 4.78 is 7.45. The van der Waals surface area contributed by atoms with Crippen molar-refractivity contribution in [2.24, 2.45) is 17.8 Å². The molecule has 3 aromatic rings. The summed E-state index contributed by atoms with van der Waals surface area (Å²) in [4.78, 5) is 28.3. The van der Waals surface area contributed by atoms with Gasteiger partial charge in [-0.15, -0.1) is 0 Å². The Morgan fingerprint density at radius 3 is 2.82 bits per heavy atom. The number of thioether (sulfide) groups is 1. The molecule has 2 fully saturated rings. The molecule has 2 aromatic carbocycles. The van der Waals surface area contributed by atoms with Gasteiger partial charge < -0.3 is 10.1 Å². The summed E-state index contributed by atoms with van der Waals surface area (Å²) in [6.07, 6.45) is 5.17. The molecule has 0 spiro atoms. The van der Waals surface area contributed by atoms with Crippen LogP contribution in [-0.4, -0.2) is 39.3 Å². The fraction of sp³-hybridized carbons (Fsp3) is 0.440. The average molecular weight is 481 g/mol. The van der Waals surface area contributed by atoms with E-state index >= 15 is 0 Å². The van der Waals surface area contributed by atoms with Crippen LogP contribution < -0.4 is 10.1 Å². The van der Waals surface area contributed by atoms with Crippen molar-refractivity contribution in [2.45, 2.75) is 43.8 Å². The van der Waals surface area contributed by atoms with Gasteiger partial charge in [0.1, 0.15) is 5.75 Å². The Hall–Kier alpha value is -3.07. The number of carbonyl (C=O) groups is 1. The van der Waals surface area contributed by atoms with Crippen molar-refractivity contribution < 1.29 is 14.5 Å². The largest absolute Gasteiger partial charge is 0.495 e. The minimum atomic E-state index is -0.432. The van der Waals surface area contributed by atoms with Gasteiger partial charge in [0.05, 0.1) is 34.5 Å². The fourth-order valence-electron chi connectivity index (χ4n) is 5.74. The van der Waals surface area contributed by atoms with Crippen LogP contribution in [0.5, 0.6) is 5.75 Å². The van der Waals surface area contributed by atoms with E-state index in [1.54, 1.807) is 13.2 Å². The molecule has 1 N–H and O–H groups in total. The molecule has 4 atom stereocenters. The maximum Gasteiger partial charge on any atom is 0.271 e. The van der Waals surface area contributed by atoms with Crippen LogP contribution >= 0.6 is 11.8 Å². The Morgan fingerprint density at radius 1 is 1.29 bits per heavy atom. The molecule has 2 saturated carbocycles. The molecule has 5 rings (SSSR count). The van der Waals surface area contributed by atoms with E-state index in [0.29, 0.717) is 27.9 Å². The number of rotatable bonds is 8. The summed E-state index contributed by atoms with van der Waals surface area (Å²) in [6.45, 7) is 2.12. The molecule has 8 nitrogen and oxygen atoms in total. The van der Waals surface area contributed by atoms with Crippen molar-refractivity contribution in [1.82, 2.24) is 14.9 Å². The second kappa shape index (κ2) is 9.29. The summed E-state index contributed by atoms with van der Waals surface area (Å²) in [5, 5.41) is 15.1. The topological polar surface area (TPSA) is 99.3 Å². The lowest BCUT2D eigenvalue weighted by molar-refractivity contribution is -0.384. The van der Waals surface area contributed by atoms with E-state index in [0.717, 1.165) is 17.5 Å². The van der Waals surface area contributed by atoms with E-state index in [9.17, 15) is 14.9 Å². The first-order chi connectivity index (χ1) is 16.4. The zero-order valence-electron chi connectivity index (χ0n) is 19.3. The van der Waals surface area contributed by atoms with Gasteiger partial charge >= 0.3 is 0 Å². The molecular weight excluding hydrogens is 452 g/mol.